The van der Waals surface area contributed by atoms with Gasteiger partial charge in [0.25, 0.3) is 7.82 Å². The van der Waals surface area contributed by atoms with Crippen LogP contribution in [0.5, 0.6) is 0 Å². The van der Waals surface area contributed by atoms with E-state index in [4.69, 9.17) is 9.05 Å². The highest BCUT2D eigenvalue weighted by molar-refractivity contribution is 7.45. The summed E-state index contributed by atoms with van der Waals surface area (Å²) < 4.78 is 23.0. The number of aliphatic hydroxyl groups is 1. The highest BCUT2D eigenvalue weighted by Crippen LogP contribution is 2.38. The summed E-state index contributed by atoms with van der Waals surface area (Å²) in [5, 5.41) is 13.5. The molecular formula is C58H117N2O6P. The van der Waals surface area contributed by atoms with Gasteiger partial charge >= 0.3 is 0 Å². The van der Waals surface area contributed by atoms with Crippen LogP contribution in [0.2, 0.25) is 0 Å². The first-order valence-corrected chi connectivity index (χ1v) is 31.0. The van der Waals surface area contributed by atoms with Gasteiger partial charge in [0.2, 0.25) is 5.91 Å². The molecule has 3 unspecified atom stereocenters. The number of nitrogens with one attached hydrogen (secondary N) is 1. The fourth-order valence-corrected chi connectivity index (χ4v) is 9.81. The molecule has 0 aliphatic carbocycles. The summed E-state index contributed by atoms with van der Waals surface area (Å²) in [6.45, 7) is 4.52. The van der Waals surface area contributed by atoms with E-state index in [2.05, 4.69) is 19.2 Å². The van der Waals surface area contributed by atoms with E-state index in [1.54, 1.807) is 6.08 Å². The number of likely N-dealkylation sites (N-methyl/N-ethyl adjacent to an activating group) is 1. The zero-order valence-corrected chi connectivity index (χ0v) is 46.5. The van der Waals surface area contributed by atoms with Gasteiger partial charge in [-0.15, -0.1) is 0 Å². The molecule has 1 amide bonds. The molecule has 2 N–H and O–H groups in total. The average Bonchev–Trinajstić information content (AvgIpc) is 3.29. The molecule has 67 heavy (non-hydrogen) atoms. The first-order chi connectivity index (χ1) is 32.5. The minimum Gasteiger partial charge on any atom is -0.756 e. The Hall–Kier alpha value is -0.760. The lowest BCUT2D eigenvalue weighted by Gasteiger charge is -2.29. The van der Waals surface area contributed by atoms with E-state index in [0.29, 0.717) is 17.4 Å². The highest BCUT2D eigenvalue weighted by Gasteiger charge is 2.23. The Labute approximate surface area is 418 Å². The Morgan fingerprint density at radius 3 is 1.10 bits per heavy atom. The summed E-state index contributed by atoms with van der Waals surface area (Å²) in [6.07, 6.45) is 62.8. The van der Waals surface area contributed by atoms with Crippen LogP contribution >= 0.6 is 7.82 Å². The van der Waals surface area contributed by atoms with Gasteiger partial charge in [-0.2, -0.15) is 0 Å². The molecule has 0 aliphatic heterocycles. The van der Waals surface area contributed by atoms with Crippen molar-refractivity contribution in [2.75, 3.05) is 40.9 Å². The van der Waals surface area contributed by atoms with Crippen molar-refractivity contribution in [3.8, 4) is 0 Å². The first kappa shape index (κ1) is 66.2. The molecule has 0 bridgehead atoms. The molecule has 3 atom stereocenters. The lowest BCUT2D eigenvalue weighted by Crippen LogP contribution is -2.45. The second-order valence-corrected chi connectivity index (χ2v) is 23.1. The molecule has 9 heteroatoms. The SMILES string of the molecule is CCCC/C=C/C(O)C(COP(=O)([O-])OCC[N+](C)(C)C)NC(=O)CCCCCCCCCCCCCCCCCCCCCCCCCCCCCCCCCCCCCCCCCCC. The van der Waals surface area contributed by atoms with Crippen molar-refractivity contribution in [1.29, 1.82) is 0 Å². The van der Waals surface area contributed by atoms with E-state index in [-0.39, 0.29) is 19.1 Å². The monoisotopic (exact) mass is 969 g/mol. The molecule has 8 nitrogen and oxygen atoms in total. The van der Waals surface area contributed by atoms with Gasteiger partial charge in [-0.25, -0.2) is 0 Å². The third-order valence-corrected chi connectivity index (χ3v) is 14.7. The minimum absolute atomic E-state index is 0.000579. The number of allylic oxidation sites excluding steroid dienone is 1. The molecule has 0 spiro atoms. The Kier molecular flexibility index (Phi) is 49.6. The summed E-state index contributed by atoms with van der Waals surface area (Å²) in [7, 11) is 1.27. The molecule has 0 fully saturated rings. The molecule has 0 aromatic carbocycles. The van der Waals surface area contributed by atoms with E-state index < -0.39 is 20.0 Å². The summed E-state index contributed by atoms with van der Waals surface area (Å²) in [4.78, 5) is 25.1. The third kappa shape index (κ3) is 52.9. The number of phosphoric ester groups is 1. The van der Waals surface area contributed by atoms with Gasteiger partial charge in [0, 0.05) is 6.42 Å². The van der Waals surface area contributed by atoms with Crippen molar-refractivity contribution < 1.29 is 32.9 Å². The molecular weight excluding hydrogens is 852 g/mol. The highest BCUT2D eigenvalue weighted by atomic mass is 31.2. The largest absolute Gasteiger partial charge is 0.756 e. The second-order valence-electron chi connectivity index (χ2n) is 21.7. The summed E-state index contributed by atoms with van der Waals surface area (Å²) in [5.41, 5.74) is 0. The van der Waals surface area contributed by atoms with Crippen molar-refractivity contribution in [3.63, 3.8) is 0 Å². The van der Waals surface area contributed by atoms with Gasteiger partial charge in [0.05, 0.1) is 39.9 Å². The molecule has 0 saturated heterocycles. The lowest BCUT2D eigenvalue weighted by molar-refractivity contribution is -0.870. The maximum atomic E-state index is 12.8. The fraction of sp³-hybridized carbons (Fsp3) is 0.948. The molecule has 0 aromatic heterocycles. The number of rotatable bonds is 55. The van der Waals surface area contributed by atoms with Crippen molar-refractivity contribution in [3.05, 3.63) is 12.2 Å². The zero-order chi connectivity index (χ0) is 49.2. The normalized spacial score (nSPS) is 14.0. The average molecular weight is 970 g/mol. The van der Waals surface area contributed by atoms with Gasteiger partial charge < -0.3 is 28.8 Å². The van der Waals surface area contributed by atoms with Crippen LogP contribution in [-0.4, -0.2) is 68.5 Å². The number of unbranched alkanes of at least 4 members (excludes halogenated alkanes) is 42. The second kappa shape index (κ2) is 50.2. The maximum Gasteiger partial charge on any atom is 0.268 e. The van der Waals surface area contributed by atoms with Crippen LogP contribution in [0.3, 0.4) is 0 Å². The standard InChI is InChI=1S/C58H117N2O6P/c1-6-8-10-12-13-14-15-16-17-18-19-20-21-22-23-24-25-26-27-28-29-30-31-32-33-34-35-36-37-38-39-40-41-42-43-44-45-46-47-48-50-52-58(62)59-56(57(61)51-49-11-9-7-2)55-66-67(63,64)65-54-53-60(3,4)5/h49,51,56-57,61H,6-48,50,52-55H2,1-5H3,(H-,59,62,63,64)/b51-49+. The Morgan fingerprint density at radius 1 is 0.507 bits per heavy atom. The smallest absolute Gasteiger partial charge is 0.268 e. The fourth-order valence-electron chi connectivity index (χ4n) is 9.08. The van der Waals surface area contributed by atoms with Gasteiger partial charge in [-0.1, -0.05) is 296 Å². The summed E-state index contributed by atoms with van der Waals surface area (Å²) >= 11 is 0. The van der Waals surface area contributed by atoms with Crippen LogP contribution in [0.4, 0.5) is 0 Å². The number of carbonyl (C=O) groups is 1. The van der Waals surface area contributed by atoms with E-state index in [9.17, 15) is 19.4 Å². The van der Waals surface area contributed by atoms with Crippen LogP contribution in [0, 0.1) is 0 Å². The quantitative estimate of drug-likeness (QED) is 0.0272. The number of quaternary nitrogens is 1. The van der Waals surface area contributed by atoms with Crippen molar-refractivity contribution in [2.24, 2.45) is 0 Å². The van der Waals surface area contributed by atoms with Gasteiger partial charge in [0.15, 0.2) is 0 Å². The van der Waals surface area contributed by atoms with E-state index in [1.165, 1.54) is 244 Å². The van der Waals surface area contributed by atoms with Crippen LogP contribution in [-0.2, 0) is 18.4 Å². The predicted molar refractivity (Wildman–Crippen MR) is 289 cm³/mol. The molecule has 400 valence electrons. The topological polar surface area (TPSA) is 108 Å². The number of nitrogens with zero attached hydrogens (tertiary/aromatic N) is 1. The lowest BCUT2D eigenvalue weighted by atomic mass is 10.0. The number of hydrogen-bond acceptors (Lipinski definition) is 6. The van der Waals surface area contributed by atoms with Crippen molar-refractivity contribution >= 4 is 13.7 Å². The third-order valence-electron chi connectivity index (χ3n) is 13.7. The summed E-state index contributed by atoms with van der Waals surface area (Å²) in [6, 6.07) is -0.878. The molecule has 0 aromatic rings. The number of carbonyl (C=O) groups excluding carboxylic acids is 1. The Balaban J connectivity index is 3.56. The Morgan fingerprint density at radius 2 is 0.806 bits per heavy atom. The van der Waals surface area contributed by atoms with E-state index in [1.807, 2.05) is 27.2 Å². The summed E-state index contributed by atoms with van der Waals surface area (Å²) in [5.74, 6) is -0.201. The van der Waals surface area contributed by atoms with Crippen molar-refractivity contribution in [1.82, 2.24) is 5.32 Å². The number of aliphatic hydroxyl groups excluding tert-OH is 1. The molecule has 0 heterocycles. The van der Waals surface area contributed by atoms with Crippen LogP contribution in [0.25, 0.3) is 0 Å². The van der Waals surface area contributed by atoms with Gasteiger partial charge in [0.1, 0.15) is 13.2 Å². The zero-order valence-electron chi connectivity index (χ0n) is 45.6. The number of hydrogen-bond donors (Lipinski definition) is 2. The van der Waals surface area contributed by atoms with Gasteiger partial charge in [-0.05, 0) is 12.8 Å². The van der Waals surface area contributed by atoms with Crippen LogP contribution < -0.4 is 10.2 Å². The minimum atomic E-state index is -4.57. The van der Waals surface area contributed by atoms with Crippen LogP contribution in [0.1, 0.15) is 303 Å². The van der Waals surface area contributed by atoms with E-state index in [0.717, 1.165) is 38.5 Å². The molecule has 0 radical (unpaired) electrons. The molecule has 0 rings (SSSR count). The molecule has 0 aliphatic rings. The Bertz CT molecular complexity index is 1100. The van der Waals surface area contributed by atoms with Crippen LogP contribution in [0.15, 0.2) is 12.2 Å². The number of amides is 1. The number of phosphoric acid groups is 1. The predicted octanol–water partition coefficient (Wildman–Crippen LogP) is 17.2. The maximum absolute atomic E-state index is 12.8. The first-order valence-electron chi connectivity index (χ1n) is 29.6. The van der Waals surface area contributed by atoms with Gasteiger partial charge in [-0.3, -0.25) is 9.36 Å². The van der Waals surface area contributed by atoms with Crippen molar-refractivity contribution in [2.45, 2.75) is 315 Å². The van der Waals surface area contributed by atoms with E-state index >= 15 is 0 Å². The molecule has 0 saturated carbocycles.